The van der Waals surface area contributed by atoms with E-state index in [1.807, 2.05) is 12.1 Å². The Morgan fingerprint density at radius 3 is 2.70 bits per heavy atom. The van der Waals surface area contributed by atoms with E-state index in [9.17, 15) is 0 Å². The quantitative estimate of drug-likeness (QED) is 0.834. The highest BCUT2D eigenvalue weighted by Gasteiger charge is 2.24. The Bertz CT molecular complexity index is 627. The van der Waals surface area contributed by atoms with Crippen LogP contribution in [0.15, 0.2) is 24.3 Å². The number of hydrogen-bond acceptors (Lipinski definition) is 2. The van der Waals surface area contributed by atoms with Crippen molar-refractivity contribution >= 4 is 11.0 Å². The first kappa shape index (κ1) is 13.2. The van der Waals surface area contributed by atoms with Crippen LogP contribution in [0.5, 0.6) is 0 Å². The Morgan fingerprint density at radius 1 is 1.25 bits per heavy atom. The van der Waals surface area contributed by atoms with Gasteiger partial charge in [-0.3, -0.25) is 0 Å². The minimum Gasteiger partial charge on any atom is -0.324 e. The SMILES string of the molecule is CCC1CCC(n2c(CC#N)nc3ccccc32)CC1. The summed E-state index contributed by atoms with van der Waals surface area (Å²) in [5.74, 6) is 1.83. The van der Waals surface area contributed by atoms with Gasteiger partial charge in [-0.05, 0) is 43.7 Å². The minimum atomic E-state index is 0.405. The van der Waals surface area contributed by atoms with Crippen LogP contribution < -0.4 is 0 Å². The van der Waals surface area contributed by atoms with Gasteiger partial charge in [-0.2, -0.15) is 5.26 Å². The second-order valence-electron chi connectivity index (χ2n) is 5.80. The third-order valence-electron chi connectivity index (χ3n) is 4.66. The van der Waals surface area contributed by atoms with Crippen LogP contribution in [0.25, 0.3) is 11.0 Å². The van der Waals surface area contributed by atoms with Gasteiger partial charge in [0.1, 0.15) is 5.82 Å². The van der Waals surface area contributed by atoms with Gasteiger partial charge in [0, 0.05) is 6.04 Å². The number of benzene rings is 1. The summed E-state index contributed by atoms with van der Waals surface area (Å²) < 4.78 is 2.34. The standard InChI is InChI=1S/C17H21N3/c1-2-13-7-9-14(10-8-13)20-16-6-4-3-5-15(16)19-17(20)11-12-18/h3-6,13-14H,2,7-11H2,1H3. The number of hydrogen-bond donors (Lipinski definition) is 0. The Hall–Kier alpha value is -1.82. The number of imidazole rings is 1. The fourth-order valence-electron chi connectivity index (χ4n) is 3.51. The number of fused-ring (bicyclic) bond motifs is 1. The molecular formula is C17H21N3. The van der Waals surface area contributed by atoms with Crippen LogP contribution in [0, 0.1) is 17.2 Å². The summed E-state index contributed by atoms with van der Waals surface area (Å²) in [5, 5.41) is 9.04. The second-order valence-corrected chi connectivity index (χ2v) is 5.80. The van der Waals surface area contributed by atoms with Gasteiger partial charge in [0.2, 0.25) is 0 Å². The maximum Gasteiger partial charge on any atom is 0.124 e. The molecule has 3 heteroatoms. The zero-order valence-corrected chi connectivity index (χ0v) is 12.0. The maximum absolute atomic E-state index is 9.04. The van der Waals surface area contributed by atoms with Crippen molar-refractivity contribution in [2.75, 3.05) is 0 Å². The van der Waals surface area contributed by atoms with Gasteiger partial charge in [-0.25, -0.2) is 4.98 Å². The summed E-state index contributed by atoms with van der Waals surface area (Å²) in [5.41, 5.74) is 2.22. The van der Waals surface area contributed by atoms with Gasteiger partial charge < -0.3 is 4.57 Å². The summed E-state index contributed by atoms with van der Waals surface area (Å²) in [4.78, 5) is 4.66. The summed E-state index contributed by atoms with van der Waals surface area (Å²) in [6.45, 7) is 2.29. The highest BCUT2D eigenvalue weighted by atomic mass is 15.1. The van der Waals surface area contributed by atoms with Crippen molar-refractivity contribution in [3.05, 3.63) is 30.1 Å². The molecule has 0 amide bonds. The topological polar surface area (TPSA) is 41.6 Å². The molecule has 20 heavy (non-hydrogen) atoms. The molecule has 0 saturated heterocycles. The van der Waals surface area contributed by atoms with Crippen LogP contribution in [0.1, 0.15) is 50.9 Å². The van der Waals surface area contributed by atoms with E-state index >= 15 is 0 Å². The average Bonchev–Trinajstić information content (AvgIpc) is 2.86. The largest absolute Gasteiger partial charge is 0.324 e. The molecule has 104 valence electrons. The molecular weight excluding hydrogens is 246 g/mol. The van der Waals surface area contributed by atoms with Crippen LogP contribution in [0.3, 0.4) is 0 Å². The lowest BCUT2D eigenvalue weighted by Gasteiger charge is -2.30. The van der Waals surface area contributed by atoms with Gasteiger partial charge >= 0.3 is 0 Å². The molecule has 1 aliphatic carbocycles. The zero-order valence-electron chi connectivity index (χ0n) is 12.0. The van der Waals surface area contributed by atoms with Crippen LogP contribution in [0.2, 0.25) is 0 Å². The van der Waals surface area contributed by atoms with Crippen LogP contribution in [-0.2, 0) is 6.42 Å². The van der Waals surface area contributed by atoms with Crippen LogP contribution >= 0.6 is 0 Å². The Balaban J connectivity index is 1.97. The van der Waals surface area contributed by atoms with E-state index in [2.05, 4.69) is 34.7 Å². The summed E-state index contributed by atoms with van der Waals surface area (Å²) in [7, 11) is 0. The maximum atomic E-state index is 9.04. The highest BCUT2D eigenvalue weighted by molar-refractivity contribution is 5.76. The predicted molar refractivity (Wildman–Crippen MR) is 80.3 cm³/mol. The molecule has 1 aliphatic rings. The molecule has 0 radical (unpaired) electrons. The summed E-state index contributed by atoms with van der Waals surface area (Å²) in [6.07, 6.45) is 6.75. The smallest absolute Gasteiger partial charge is 0.124 e. The fourth-order valence-corrected chi connectivity index (χ4v) is 3.51. The molecule has 1 fully saturated rings. The molecule has 0 aliphatic heterocycles. The molecule has 3 nitrogen and oxygen atoms in total. The van der Waals surface area contributed by atoms with Gasteiger partial charge in [0.25, 0.3) is 0 Å². The van der Waals surface area contributed by atoms with Gasteiger partial charge in [-0.1, -0.05) is 25.5 Å². The van der Waals surface area contributed by atoms with Crippen molar-refractivity contribution in [2.24, 2.45) is 5.92 Å². The lowest BCUT2D eigenvalue weighted by atomic mass is 9.84. The van der Waals surface area contributed by atoms with E-state index in [0.717, 1.165) is 17.3 Å². The zero-order chi connectivity index (χ0) is 13.9. The summed E-state index contributed by atoms with van der Waals surface area (Å²) >= 11 is 0. The van der Waals surface area contributed by atoms with E-state index < -0.39 is 0 Å². The molecule has 0 unspecified atom stereocenters. The van der Waals surface area contributed by atoms with E-state index in [1.54, 1.807) is 0 Å². The molecule has 1 heterocycles. The minimum absolute atomic E-state index is 0.405. The highest BCUT2D eigenvalue weighted by Crippen LogP contribution is 2.36. The molecule has 1 aromatic carbocycles. The Labute approximate surface area is 120 Å². The number of para-hydroxylation sites is 2. The van der Waals surface area contributed by atoms with Crippen LogP contribution in [-0.4, -0.2) is 9.55 Å². The molecule has 3 rings (SSSR count). The molecule has 0 atom stereocenters. The Kier molecular flexibility index (Phi) is 3.73. The van der Waals surface area contributed by atoms with E-state index in [-0.39, 0.29) is 0 Å². The Morgan fingerprint density at radius 2 is 2.00 bits per heavy atom. The van der Waals surface area contributed by atoms with Crippen molar-refractivity contribution in [1.82, 2.24) is 9.55 Å². The van der Waals surface area contributed by atoms with Crippen molar-refractivity contribution in [3.63, 3.8) is 0 Å². The normalized spacial score (nSPS) is 22.8. The van der Waals surface area contributed by atoms with Crippen molar-refractivity contribution in [2.45, 2.75) is 51.5 Å². The second kappa shape index (κ2) is 5.66. The van der Waals surface area contributed by atoms with Gasteiger partial charge in [-0.15, -0.1) is 0 Å². The summed E-state index contributed by atoms with van der Waals surface area (Å²) in [6, 6.07) is 11.0. The number of nitrogens with zero attached hydrogens (tertiary/aromatic N) is 3. The molecule has 0 bridgehead atoms. The third kappa shape index (κ3) is 2.31. The van der Waals surface area contributed by atoms with Gasteiger partial charge in [0.15, 0.2) is 0 Å². The molecule has 0 spiro atoms. The van der Waals surface area contributed by atoms with E-state index in [4.69, 9.17) is 5.26 Å². The first-order valence-corrected chi connectivity index (χ1v) is 7.66. The van der Waals surface area contributed by atoms with Crippen molar-refractivity contribution in [1.29, 1.82) is 5.26 Å². The predicted octanol–water partition coefficient (Wildman–Crippen LogP) is 4.24. The molecule has 1 aromatic heterocycles. The third-order valence-corrected chi connectivity index (χ3v) is 4.66. The first-order valence-electron chi connectivity index (χ1n) is 7.66. The van der Waals surface area contributed by atoms with E-state index in [0.29, 0.717) is 12.5 Å². The number of rotatable bonds is 3. The average molecular weight is 267 g/mol. The first-order chi connectivity index (χ1) is 9.83. The molecule has 2 aromatic rings. The van der Waals surface area contributed by atoms with Gasteiger partial charge in [0.05, 0.1) is 23.5 Å². The van der Waals surface area contributed by atoms with Crippen molar-refractivity contribution < 1.29 is 0 Å². The van der Waals surface area contributed by atoms with Crippen molar-refractivity contribution in [3.8, 4) is 6.07 Å². The lowest BCUT2D eigenvalue weighted by molar-refractivity contribution is 0.270. The lowest BCUT2D eigenvalue weighted by Crippen LogP contribution is -2.19. The number of nitriles is 1. The molecule has 1 saturated carbocycles. The van der Waals surface area contributed by atoms with Crippen LogP contribution in [0.4, 0.5) is 0 Å². The van der Waals surface area contributed by atoms with E-state index in [1.165, 1.54) is 37.6 Å². The fraction of sp³-hybridized carbons (Fsp3) is 0.529. The monoisotopic (exact) mass is 267 g/mol. The number of aromatic nitrogens is 2. The molecule has 0 N–H and O–H groups in total.